The van der Waals surface area contributed by atoms with Gasteiger partial charge in [0.15, 0.2) is 0 Å². The van der Waals surface area contributed by atoms with Gasteiger partial charge >= 0.3 is 0 Å². The highest BCUT2D eigenvalue weighted by Gasteiger charge is 2.28. The van der Waals surface area contributed by atoms with Crippen LogP contribution in [0.3, 0.4) is 0 Å². The molecule has 1 heterocycles. The van der Waals surface area contributed by atoms with Gasteiger partial charge in [0.1, 0.15) is 5.82 Å². The van der Waals surface area contributed by atoms with Gasteiger partial charge in [0.25, 0.3) is 20.3 Å². The summed E-state index contributed by atoms with van der Waals surface area (Å²) in [5, 5.41) is 9.99. The van der Waals surface area contributed by atoms with Gasteiger partial charge in [-0.1, -0.05) is 23.5 Å². The zero-order chi connectivity index (χ0) is 20.3. The largest absolute Gasteiger partial charge is 0.296 e. The molecule has 10 heteroatoms. The standard InChI is InChI=1S/C18H17FN4O3S2/c1-3-23(15-6-4-5-12(2)11-15)28(25,26)18-22-21-17(27-18)20-16(24)13-7-9-14(19)10-8-13/h4-11H,3H2,1-2H3,(H,20,21,24). The molecule has 0 bridgehead atoms. The van der Waals surface area contributed by atoms with Crippen LogP contribution < -0.4 is 9.62 Å². The first-order valence-corrected chi connectivity index (χ1v) is 10.6. The Labute approximate surface area is 165 Å². The second-order valence-electron chi connectivity index (χ2n) is 5.84. The number of amides is 1. The maximum Gasteiger partial charge on any atom is 0.293 e. The smallest absolute Gasteiger partial charge is 0.293 e. The molecule has 0 atom stereocenters. The van der Waals surface area contributed by atoms with Gasteiger partial charge in [-0.3, -0.25) is 14.4 Å². The summed E-state index contributed by atoms with van der Waals surface area (Å²) in [6.45, 7) is 3.80. The molecule has 0 aliphatic heterocycles. The second-order valence-corrected chi connectivity index (χ2v) is 8.86. The summed E-state index contributed by atoms with van der Waals surface area (Å²) in [7, 11) is -3.93. The minimum Gasteiger partial charge on any atom is -0.296 e. The Bertz CT molecular complexity index is 1100. The van der Waals surface area contributed by atoms with Gasteiger partial charge in [0.05, 0.1) is 5.69 Å². The highest BCUT2D eigenvalue weighted by atomic mass is 32.2. The molecular weight excluding hydrogens is 403 g/mol. The molecule has 3 rings (SSSR count). The molecule has 0 aliphatic carbocycles. The van der Waals surface area contributed by atoms with E-state index in [0.717, 1.165) is 29.0 Å². The predicted molar refractivity (Wildman–Crippen MR) is 106 cm³/mol. The molecule has 0 saturated heterocycles. The van der Waals surface area contributed by atoms with Crippen molar-refractivity contribution in [3.63, 3.8) is 0 Å². The van der Waals surface area contributed by atoms with Crippen molar-refractivity contribution < 1.29 is 17.6 Å². The minimum atomic E-state index is -3.93. The molecule has 0 spiro atoms. The van der Waals surface area contributed by atoms with Crippen LogP contribution in [0.2, 0.25) is 0 Å². The molecule has 0 saturated carbocycles. The number of carbonyl (C=O) groups excluding carboxylic acids is 1. The summed E-state index contributed by atoms with van der Waals surface area (Å²) in [4.78, 5) is 12.2. The Kier molecular flexibility index (Phi) is 5.71. The Hall–Kier alpha value is -2.85. The number of benzene rings is 2. The van der Waals surface area contributed by atoms with Gasteiger partial charge < -0.3 is 0 Å². The van der Waals surface area contributed by atoms with E-state index in [9.17, 15) is 17.6 Å². The van der Waals surface area contributed by atoms with Gasteiger partial charge in [-0.25, -0.2) is 4.39 Å². The minimum absolute atomic E-state index is 0.0354. The molecule has 1 aromatic heterocycles. The van der Waals surface area contributed by atoms with Crippen molar-refractivity contribution in [2.75, 3.05) is 16.2 Å². The van der Waals surface area contributed by atoms with Crippen LogP contribution in [0.15, 0.2) is 52.9 Å². The summed E-state index contributed by atoms with van der Waals surface area (Å²) in [6.07, 6.45) is 0. The molecule has 0 unspecified atom stereocenters. The molecule has 2 aromatic carbocycles. The second kappa shape index (κ2) is 8.03. The number of anilines is 2. The van der Waals surface area contributed by atoms with Crippen molar-refractivity contribution in [1.29, 1.82) is 0 Å². The van der Waals surface area contributed by atoms with Crippen molar-refractivity contribution in [3.05, 3.63) is 65.5 Å². The number of nitrogens with one attached hydrogen (secondary N) is 1. The fourth-order valence-corrected chi connectivity index (χ4v) is 4.97. The Morgan fingerprint density at radius 1 is 1.18 bits per heavy atom. The normalized spacial score (nSPS) is 11.2. The van der Waals surface area contributed by atoms with Crippen molar-refractivity contribution in [3.8, 4) is 0 Å². The van der Waals surface area contributed by atoms with Crippen LogP contribution in [0.1, 0.15) is 22.8 Å². The fourth-order valence-electron chi connectivity index (χ4n) is 2.50. The lowest BCUT2D eigenvalue weighted by atomic mass is 10.2. The monoisotopic (exact) mass is 420 g/mol. The lowest BCUT2D eigenvalue weighted by molar-refractivity contribution is 0.102. The zero-order valence-corrected chi connectivity index (χ0v) is 16.7. The number of hydrogen-bond donors (Lipinski definition) is 1. The lowest BCUT2D eigenvalue weighted by Crippen LogP contribution is -2.30. The first-order valence-electron chi connectivity index (χ1n) is 8.31. The maximum absolute atomic E-state index is 13.0. The maximum atomic E-state index is 13.0. The molecule has 0 fully saturated rings. The van der Waals surface area contributed by atoms with Gasteiger partial charge in [-0.05, 0) is 55.8 Å². The number of nitrogens with zero attached hydrogens (tertiary/aromatic N) is 3. The average molecular weight is 420 g/mol. The van der Waals surface area contributed by atoms with Crippen LogP contribution >= 0.6 is 11.3 Å². The fraction of sp³-hybridized carbons (Fsp3) is 0.167. The van der Waals surface area contributed by atoms with Gasteiger partial charge in [0, 0.05) is 12.1 Å². The zero-order valence-electron chi connectivity index (χ0n) is 15.1. The van der Waals surface area contributed by atoms with E-state index in [1.165, 1.54) is 16.4 Å². The number of rotatable bonds is 6. The third-order valence-corrected chi connectivity index (χ3v) is 6.91. The topological polar surface area (TPSA) is 92.3 Å². The van der Waals surface area contributed by atoms with Crippen molar-refractivity contribution in [1.82, 2.24) is 10.2 Å². The summed E-state index contributed by atoms with van der Waals surface area (Å²) in [5.41, 5.74) is 1.67. The average Bonchev–Trinajstić information content (AvgIpc) is 3.12. The van der Waals surface area contributed by atoms with E-state index in [1.54, 1.807) is 25.1 Å². The highest BCUT2D eigenvalue weighted by Crippen LogP contribution is 2.28. The van der Waals surface area contributed by atoms with Crippen molar-refractivity contribution in [2.45, 2.75) is 18.2 Å². The molecular formula is C18H17FN4O3S2. The van der Waals surface area contributed by atoms with Gasteiger partial charge in [-0.2, -0.15) is 8.42 Å². The lowest BCUT2D eigenvalue weighted by Gasteiger charge is -2.21. The third-order valence-electron chi connectivity index (χ3n) is 3.82. The van der Waals surface area contributed by atoms with E-state index in [1.807, 2.05) is 13.0 Å². The molecule has 3 aromatic rings. The molecule has 0 aliphatic rings. The summed E-state index contributed by atoms with van der Waals surface area (Å²) in [6, 6.07) is 12.1. The van der Waals surface area contributed by atoms with E-state index in [4.69, 9.17) is 0 Å². The van der Waals surface area contributed by atoms with E-state index >= 15 is 0 Å². The molecule has 146 valence electrons. The number of sulfonamides is 1. The van der Waals surface area contributed by atoms with E-state index in [2.05, 4.69) is 15.5 Å². The van der Waals surface area contributed by atoms with Crippen LogP contribution in [0.4, 0.5) is 15.2 Å². The quantitative estimate of drug-likeness (QED) is 0.617. The van der Waals surface area contributed by atoms with E-state index in [-0.39, 0.29) is 21.6 Å². The van der Waals surface area contributed by atoms with Crippen molar-refractivity contribution in [2.24, 2.45) is 0 Å². The first kappa shape index (κ1) is 19.9. The Balaban J connectivity index is 1.83. The molecule has 0 radical (unpaired) electrons. The van der Waals surface area contributed by atoms with Gasteiger partial charge in [-0.15, -0.1) is 10.2 Å². The number of aryl methyl sites for hydroxylation is 1. The van der Waals surface area contributed by atoms with E-state index < -0.39 is 21.7 Å². The summed E-state index contributed by atoms with van der Waals surface area (Å²) < 4.78 is 39.9. The number of aromatic nitrogens is 2. The molecule has 1 N–H and O–H groups in total. The highest BCUT2D eigenvalue weighted by molar-refractivity contribution is 7.94. The summed E-state index contributed by atoms with van der Waals surface area (Å²) >= 11 is 0.751. The van der Waals surface area contributed by atoms with Crippen molar-refractivity contribution >= 4 is 38.1 Å². The predicted octanol–water partition coefficient (Wildman–Crippen LogP) is 3.45. The molecule has 7 nitrogen and oxygen atoms in total. The van der Waals surface area contributed by atoms with Crippen LogP contribution in [-0.4, -0.2) is 31.1 Å². The number of hydrogen-bond acceptors (Lipinski definition) is 6. The Morgan fingerprint density at radius 2 is 1.89 bits per heavy atom. The first-order chi connectivity index (χ1) is 13.3. The third kappa shape index (κ3) is 4.18. The SMILES string of the molecule is CCN(c1cccc(C)c1)S(=O)(=O)c1nnc(NC(=O)c2ccc(F)cc2)s1. The van der Waals surface area contributed by atoms with Gasteiger partial charge in [0.2, 0.25) is 5.13 Å². The Morgan fingerprint density at radius 3 is 2.54 bits per heavy atom. The van der Waals surface area contributed by atoms with Crippen LogP contribution in [0.5, 0.6) is 0 Å². The van der Waals surface area contributed by atoms with E-state index in [0.29, 0.717) is 5.69 Å². The molecule has 1 amide bonds. The summed E-state index contributed by atoms with van der Waals surface area (Å²) in [5.74, 6) is -0.997. The van der Waals surface area contributed by atoms with Crippen LogP contribution in [-0.2, 0) is 10.0 Å². The van der Waals surface area contributed by atoms with Crippen LogP contribution in [0.25, 0.3) is 0 Å². The number of carbonyl (C=O) groups is 1. The number of halogens is 1. The van der Waals surface area contributed by atoms with Crippen LogP contribution in [0, 0.1) is 12.7 Å². The molecule has 28 heavy (non-hydrogen) atoms.